The van der Waals surface area contributed by atoms with Crippen molar-refractivity contribution in [3.8, 4) is 0 Å². The summed E-state index contributed by atoms with van der Waals surface area (Å²) in [7, 11) is -3.41. The average Bonchev–Trinajstić information content (AvgIpc) is 2.43. The molecule has 7 heteroatoms. The lowest BCUT2D eigenvalue weighted by atomic mass is 10.0. The summed E-state index contributed by atoms with van der Waals surface area (Å²) in [5, 5.41) is 3.90. The van der Waals surface area contributed by atoms with Gasteiger partial charge >= 0.3 is 0 Å². The Morgan fingerprint density at radius 2 is 2.10 bits per heavy atom. The molecule has 1 heterocycles. The zero-order valence-corrected chi connectivity index (χ0v) is 13.4. The summed E-state index contributed by atoms with van der Waals surface area (Å²) in [5.74, 6) is 0.0769. The lowest BCUT2D eigenvalue weighted by molar-refractivity contribution is 0.393. The molecule has 1 aliphatic heterocycles. The van der Waals surface area contributed by atoms with Gasteiger partial charge in [0.15, 0.2) is 0 Å². The summed E-state index contributed by atoms with van der Waals surface area (Å²) in [6.07, 6.45) is 3.96. The first kappa shape index (κ1) is 15.9. The normalized spacial score (nSPS) is 19.8. The maximum Gasteiger partial charge on any atom is 0.232 e. The molecule has 1 saturated heterocycles. The second kappa shape index (κ2) is 6.98. The summed E-state index contributed by atoms with van der Waals surface area (Å²) in [6, 6.07) is 5.17. The third-order valence-electron chi connectivity index (χ3n) is 3.36. The predicted octanol–water partition coefficient (Wildman–Crippen LogP) is 3.27. The number of piperidine rings is 1. The molecular weight excluding hydrogens is 319 g/mol. The van der Waals surface area contributed by atoms with Crippen molar-refractivity contribution in [2.75, 3.05) is 17.0 Å². The van der Waals surface area contributed by atoms with E-state index in [1.807, 2.05) is 0 Å². The van der Waals surface area contributed by atoms with Crippen LogP contribution in [0.3, 0.4) is 0 Å². The number of hydrogen-bond acceptors (Lipinski definition) is 3. The van der Waals surface area contributed by atoms with Crippen LogP contribution in [-0.4, -0.2) is 26.8 Å². The fourth-order valence-corrected chi connectivity index (χ4v) is 3.87. The third kappa shape index (κ3) is 4.52. The minimum atomic E-state index is -3.41. The van der Waals surface area contributed by atoms with Crippen LogP contribution in [0.4, 0.5) is 5.69 Å². The Morgan fingerprint density at radius 1 is 1.30 bits per heavy atom. The number of nitrogens with one attached hydrogen (secondary N) is 2. The largest absolute Gasteiger partial charge is 0.314 e. The molecule has 1 aromatic carbocycles. The van der Waals surface area contributed by atoms with Crippen LogP contribution in [0.15, 0.2) is 18.2 Å². The lowest BCUT2D eigenvalue weighted by Gasteiger charge is -2.23. The summed E-state index contributed by atoms with van der Waals surface area (Å²) in [4.78, 5) is 0. The van der Waals surface area contributed by atoms with Gasteiger partial charge < -0.3 is 5.32 Å². The first-order valence-electron chi connectivity index (χ1n) is 6.66. The Kier molecular flexibility index (Phi) is 5.55. The van der Waals surface area contributed by atoms with E-state index in [1.54, 1.807) is 18.2 Å². The minimum Gasteiger partial charge on any atom is -0.314 e. The predicted molar refractivity (Wildman–Crippen MR) is 84.1 cm³/mol. The van der Waals surface area contributed by atoms with Gasteiger partial charge in [-0.25, -0.2) is 8.42 Å². The minimum absolute atomic E-state index is 0.0769. The Balaban J connectivity index is 1.94. The number of benzene rings is 1. The first-order chi connectivity index (χ1) is 9.48. The fraction of sp³-hybridized carbons (Fsp3) is 0.538. The van der Waals surface area contributed by atoms with Gasteiger partial charge in [-0.1, -0.05) is 35.7 Å². The van der Waals surface area contributed by atoms with Crippen molar-refractivity contribution in [2.24, 2.45) is 0 Å². The smallest absolute Gasteiger partial charge is 0.232 e. The molecule has 1 unspecified atom stereocenters. The van der Waals surface area contributed by atoms with Crippen LogP contribution >= 0.6 is 23.2 Å². The van der Waals surface area contributed by atoms with Gasteiger partial charge in [0, 0.05) is 6.04 Å². The molecule has 0 aliphatic carbocycles. The molecule has 0 saturated carbocycles. The van der Waals surface area contributed by atoms with Crippen molar-refractivity contribution in [1.82, 2.24) is 5.32 Å². The molecule has 2 N–H and O–H groups in total. The molecule has 0 amide bonds. The van der Waals surface area contributed by atoms with Crippen molar-refractivity contribution in [3.63, 3.8) is 0 Å². The second-order valence-electron chi connectivity index (χ2n) is 4.96. The summed E-state index contributed by atoms with van der Waals surface area (Å²) in [5.41, 5.74) is 0.329. The Labute approximate surface area is 129 Å². The van der Waals surface area contributed by atoms with E-state index in [0.29, 0.717) is 17.1 Å². The average molecular weight is 337 g/mol. The van der Waals surface area contributed by atoms with Gasteiger partial charge in [-0.3, -0.25) is 4.72 Å². The second-order valence-corrected chi connectivity index (χ2v) is 7.58. The lowest BCUT2D eigenvalue weighted by Crippen LogP contribution is -2.36. The fourth-order valence-electron chi connectivity index (χ4n) is 2.27. The standard InChI is InChI=1S/C13H18Cl2N2O2S/c14-11-5-3-6-12(13(11)15)17-20(18,19)9-7-10-4-1-2-8-16-10/h3,5-6,10,16-17H,1-2,4,7-9H2. The molecule has 0 spiro atoms. The molecule has 0 aromatic heterocycles. The molecule has 1 aliphatic rings. The van der Waals surface area contributed by atoms with Crippen LogP contribution in [0.1, 0.15) is 25.7 Å². The van der Waals surface area contributed by atoms with Gasteiger partial charge in [-0.15, -0.1) is 0 Å². The molecule has 4 nitrogen and oxygen atoms in total. The van der Waals surface area contributed by atoms with Crippen molar-refractivity contribution >= 4 is 38.9 Å². The number of rotatable bonds is 5. The van der Waals surface area contributed by atoms with Gasteiger partial charge in [0.25, 0.3) is 0 Å². The van der Waals surface area contributed by atoms with Crippen molar-refractivity contribution < 1.29 is 8.42 Å². The zero-order chi connectivity index (χ0) is 14.6. The van der Waals surface area contributed by atoms with E-state index in [0.717, 1.165) is 19.4 Å². The Bertz CT molecular complexity index is 557. The summed E-state index contributed by atoms with van der Waals surface area (Å²) >= 11 is 11.8. The van der Waals surface area contributed by atoms with Gasteiger partial charge in [0.1, 0.15) is 0 Å². The maximum absolute atomic E-state index is 12.1. The number of hydrogen-bond donors (Lipinski definition) is 2. The number of sulfonamides is 1. The molecule has 1 atom stereocenters. The van der Waals surface area contributed by atoms with Gasteiger partial charge in [0.05, 0.1) is 21.5 Å². The zero-order valence-electron chi connectivity index (χ0n) is 11.0. The SMILES string of the molecule is O=S(=O)(CCC1CCCCN1)Nc1cccc(Cl)c1Cl. The summed E-state index contributed by atoms with van der Waals surface area (Å²) in [6.45, 7) is 0.971. The molecule has 2 rings (SSSR count). The number of anilines is 1. The molecular formula is C13H18Cl2N2O2S. The van der Waals surface area contributed by atoms with Crippen molar-refractivity contribution in [1.29, 1.82) is 0 Å². The van der Waals surface area contributed by atoms with Crippen LogP contribution in [0.25, 0.3) is 0 Å². The van der Waals surface area contributed by atoms with E-state index in [-0.39, 0.29) is 16.8 Å². The van der Waals surface area contributed by atoms with Gasteiger partial charge in [0.2, 0.25) is 10.0 Å². The van der Waals surface area contributed by atoms with Crippen molar-refractivity contribution in [2.45, 2.75) is 31.7 Å². The molecule has 0 bridgehead atoms. The van der Waals surface area contributed by atoms with E-state index in [4.69, 9.17) is 23.2 Å². The highest BCUT2D eigenvalue weighted by molar-refractivity contribution is 7.92. The van der Waals surface area contributed by atoms with Crippen LogP contribution in [-0.2, 0) is 10.0 Å². The van der Waals surface area contributed by atoms with E-state index < -0.39 is 10.0 Å². The molecule has 1 fully saturated rings. The van der Waals surface area contributed by atoms with Gasteiger partial charge in [-0.05, 0) is 37.9 Å². The van der Waals surface area contributed by atoms with Crippen LogP contribution < -0.4 is 10.0 Å². The van der Waals surface area contributed by atoms with Crippen molar-refractivity contribution in [3.05, 3.63) is 28.2 Å². The maximum atomic E-state index is 12.1. The topological polar surface area (TPSA) is 58.2 Å². The van der Waals surface area contributed by atoms with E-state index in [1.165, 1.54) is 6.42 Å². The third-order valence-corrected chi connectivity index (χ3v) is 5.49. The highest BCUT2D eigenvalue weighted by Gasteiger charge is 2.18. The Hall–Kier alpha value is -0.490. The summed E-state index contributed by atoms with van der Waals surface area (Å²) < 4.78 is 26.6. The highest BCUT2D eigenvalue weighted by atomic mass is 35.5. The quantitative estimate of drug-likeness (QED) is 0.867. The van der Waals surface area contributed by atoms with Gasteiger partial charge in [-0.2, -0.15) is 0 Å². The Morgan fingerprint density at radius 3 is 2.80 bits per heavy atom. The van der Waals surface area contributed by atoms with Crippen LogP contribution in [0, 0.1) is 0 Å². The monoisotopic (exact) mass is 336 g/mol. The van der Waals surface area contributed by atoms with E-state index in [2.05, 4.69) is 10.0 Å². The highest BCUT2D eigenvalue weighted by Crippen LogP contribution is 2.30. The molecule has 1 aromatic rings. The number of halogens is 2. The molecule has 0 radical (unpaired) electrons. The first-order valence-corrected chi connectivity index (χ1v) is 9.07. The van der Waals surface area contributed by atoms with E-state index in [9.17, 15) is 8.42 Å². The molecule has 112 valence electrons. The van der Waals surface area contributed by atoms with Crippen LogP contribution in [0.2, 0.25) is 10.0 Å². The van der Waals surface area contributed by atoms with E-state index >= 15 is 0 Å². The molecule has 20 heavy (non-hydrogen) atoms. The van der Waals surface area contributed by atoms with Crippen LogP contribution in [0.5, 0.6) is 0 Å².